The molecule has 0 aliphatic heterocycles. The Morgan fingerprint density at radius 2 is 1.48 bits per heavy atom. The number of para-hydroxylation sites is 1. The van der Waals surface area contributed by atoms with Crippen molar-refractivity contribution in [3.63, 3.8) is 0 Å². The van der Waals surface area contributed by atoms with E-state index in [-0.39, 0.29) is 32.2 Å². The number of carbonyl (C=O) groups is 1. The van der Waals surface area contributed by atoms with Gasteiger partial charge in [0.25, 0.3) is 20.0 Å². The second-order valence-electron chi connectivity index (χ2n) is 7.08. The van der Waals surface area contributed by atoms with Gasteiger partial charge in [-0.1, -0.05) is 41.9 Å². The standard InChI is InChI=1S/C22H17ClN2O6S2/c1-14(26)15-6-9-18(10-7-15)32(27,28)24-19-11-8-17(23)13-20(19)25-33(29,30)22-12-16-4-2-3-5-21(16)31-22/h2-13,24-25H,1H3. The molecule has 0 fully saturated rings. The van der Waals surface area contributed by atoms with Gasteiger partial charge in [-0.25, -0.2) is 8.42 Å². The van der Waals surface area contributed by atoms with Crippen LogP contribution in [0.4, 0.5) is 11.4 Å². The molecule has 0 aliphatic carbocycles. The molecule has 4 aromatic rings. The van der Waals surface area contributed by atoms with Gasteiger partial charge in [-0.05, 0) is 43.3 Å². The molecule has 11 heteroatoms. The van der Waals surface area contributed by atoms with Crippen LogP contribution in [0, 0.1) is 0 Å². The average Bonchev–Trinajstić information content (AvgIpc) is 3.21. The van der Waals surface area contributed by atoms with Gasteiger partial charge in [-0.3, -0.25) is 14.2 Å². The van der Waals surface area contributed by atoms with Crippen molar-refractivity contribution in [2.45, 2.75) is 16.9 Å². The monoisotopic (exact) mass is 504 g/mol. The number of nitrogens with one attached hydrogen (secondary N) is 2. The highest BCUT2D eigenvalue weighted by atomic mass is 35.5. The SMILES string of the molecule is CC(=O)c1ccc(S(=O)(=O)Nc2ccc(Cl)cc2NS(=O)(=O)c2cc3ccccc3o2)cc1. The van der Waals surface area contributed by atoms with Crippen LogP contribution in [0.25, 0.3) is 11.0 Å². The highest BCUT2D eigenvalue weighted by Crippen LogP contribution is 2.31. The van der Waals surface area contributed by atoms with Crippen molar-refractivity contribution in [3.8, 4) is 0 Å². The summed E-state index contributed by atoms with van der Waals surface area (Å²) in [6.07, 6.45) is 0. The summed E-state index contributed by atoms with van der Waals surface area (Å²) in [6, 6.07) is 17.5. The van der Waals surface area contributed by atoms with E-state index in [1.165, 1.54) is 55.5 Å². The Balaban J connectivity index is 1.66. The number of hydrogen-bond donors (Lipinski definition) is 2. The first-order valence-corrected chi connectivity index (χ1v) is 12.8. The van der Waals surface area contributed by atoms with Crippen LogP contribution in [0.5, 0.6) is 0 Å². The molecule has 3 aromatic carbocycles. The Morgan fingerprint density at radius 3 is 2.15 bits per heavy atom. The maximum absolute atomic E-state index is 12.9. The number of benzene rings is 3. The molecule has 1 heterocycles. The molecule has 0 saturated carbocycles. The second kappa shape index (κ2) is 8.54. The van der Waals surface area contributed by atoms with Crippen molar-refractivity contribution in [2.75, 3.05) is 9.44 Å². The maximum Gasteiger partial charge on any atom is 0.295 e. The van der Waals surface area contributed by atoms with Crippen molar-refractivity contribution >= 4 is 59.8 Å². The van der Waals surface area contributed by atoms with Crippen molar-refractivity contribution < 1.29 is 26.0 Å². The van der Waals surface area contributed by atoms with Crippen LogP contribution < -0.4 is 9.44 Å². The Morgan fingerprint density at radius 1 is 0.818 bits per heavy atom. The van der Waals surface area contributed by atoms with Gasteiger partial charge in [0.2, 0.25) is 5.09 Å². The topological polar surface area (TPSA) is 123 Å². The molecule has 0 radical (unpaired) electrons. The van der Waals surface area contributed by atoms with Gasteiger partial charge in [0.1, 0.15) is 5.58 Å². The summed E-state index contributed by atoms with van der Waals surface area (Å²) in [4.78, 5) is 11.3. The largest absolute Gasteiger partial charge is 0.443 e. The second-order valence-corrected chi connectivity index (χ2v) is 10.8. The number of anilines is 2. The fourth-order valence-corrected chi connectivity index (χ4v) is 5.34. The average molecular weight is 505 g/mol. The molecular formula is C22H17ClN2O6S2. The molecule has 0 amide bonds. The zero-order chi connectivity index (χ0) is 23.8. The van der Waals surface area contributed by atoms with Crippen LogP contribution in [-0.2, 0) is 20.0 Å². The van der Waals surface area contributed by atoms with Crippen molar-refractivity contribution in [3.05, 3.63) is 83.4 Å². The van der Waals surface area contributed by atoms with Gasteiger partial charge in [-0.2, -0.15) is 8.42 Å². The van der Waals surface area contributed by atoms with E-state index in [0.717, 1.165) is 0 Å². The number of Topliss-reactive ketones (excluding diaryl/α,β-unsaturated/α-hetero) is 1. The Hall–Kier alpha value is -3.34. The van der Waals surface area contributed by atoms with Gasteiger partial charge >= 0.3 is 0 Å². The smallest absolute Gasteiger partial charge is 0.295 e. The van der Waals surface area contributed by atoms with Gasteiger partial charge in [0.15, 0.2) is 5.78 Å². The molecule has 0 spiro atoms. The van der Waals surface area contributed by atoms with Crippen LogP contribution in [0.3, 0.4) is 0 Å². The molecular weight excluding hydrogens is 488 g/mol. The molecule has 0 saturated heterocycles. The summed E-state index contributed by atoms with van der Waals surface area (Å²) < 4.78 is 61.6. The predicted molar refractivity (Wildman–Crippen MR) is 126 cm³/mol. The first kappa shape index (κ1) is 22.8. The highest BCUT2D eigenvalue weighted by Gasteiger charge is 2.23. The molecule has 170 valence electrons. The van der Waals surface area contributed by atoms with E-state index >= 15 is 0 Å². The number of halogens is 1. The minimum absolute atomic E-state index is 0.0465. The van der Waals surface area contributed by atoms with Crippen molar-refractivity contribution in [1.82, 2.24) is 0 Å². The minimum Gasteiger partial charge on any atom is -0.443 e. The summed E-state index contributed by atoms with van der Waals surface area (Å²) in [6.45, 7) is 1.37. The molecule has 0 bridgehead atoms. The van der Waals surface area contributed by atoms with E-state index < -0.39 is 20.0 Å². The van der Waals surface area contributed by atoms with Gasteiger partial charge in [-0.15, -0.1) is 0 Å². The Labute approximate surface area is 195 Å². The normalized spacial score (nSPS) is 11.9. The van der Waals surface area contributed by atoms with Gasteiger partial charge < -0.3 is 4.42 Å². The van der Waals surface area contributed by atoms with E-state index in [4.69, 9.17) is 16.0 Å². The van der Waals surface area contributed by atoms with E-state index in [1.807, 2.05) is 0 Å². The summed E-state index contributed by atoms with van der Waals surface area (Å²) >= 11 is 6.02. The summed E-state index contributed by atoms with van der Waals surface area (Å²) in [5.41, 5.74) is 0.611. The number of furan rings is 1. The number of sulfonamides is 2. The number of fused-ring (bicyclic) bond motifs is 1. The maximum atomic E-state index is 12.9. The Kier molecular flexibility index (Phi) is 5.91. The lowest BCUT2D eigenvalue weighted by atomic mass is 10.2. The van der Waals surface area contributed by atoms with E-state index in [0.29, 0.717) is 16.5 Å². The van der Waals surface area contributed by atoms with Gasteiger partial charge in [0, 0.05) is 22.0 Å². The molecule has 0 aliphatic rings. The molecule has 4 rings (SSSR count). The third-order valence-electron chi connectivity index (χ3n) is 4.71. The fraction of sp³-hybridized carbons (Fsp3) is 0.0455. The summed E-state index contributed by atoms with van der Waals surface area (Å²) in [5.74, 6) is -0.202. The zero-order valence-electron chi connectivity index (χ0n) is 17.1. The van der Waals surface area contributed by atoms with Gasteiger partial charge in [0.05, 0.1) is 16.3 Å². The first-order valence-electron chi connectivity index (χ1n) is 9.50. The fourth-order valence-electron chi connectivity index (χ4n) is 3.05. The summed E-state index contributed by atoms with van der Waals surface area (Å²) in [7, 11) is -8.29. The van der Waals surface area contributed by atoms with Crippen molar-refractivity contribution in [1.29, 1.82) is 0 Å². The lowest BCUT2D eigenvalue weighted by Crippen LogP contribution is -2.17. The number of ketones is 1. The zero-order valence-corrected chi connectivity index (χ0v) is 19.5. The van der Waals surface area contributed by atoms with Crippen LogP contribution in [-0.4, -0.2) is 22.6 Å². The van der Waals surface area contributed by atoms with Crippen molar-refractivity contribution in [2.24, 2.45) is 0 Å². The quantitative estimate of drug-likeness (QED) is 0.345. The van der Waals surface area contributed by atoms with Crippen LogP contribution in [0.1, 0.15) is 17.3 Å². The highest BCUT2D eigenvalue weighted by molar-refractivity contribution is 7.93. The Bertz CT molecular complexity index is 1540. The number of hydrogen-bond acceptors (Lipinski definition) is 6. The third kappa shape index (κ3) is 4.87. The minimum atomic E-state index is -4.20. The lowest BCUT2D eigenvalue weighted by Gasteiger charge is -2.14. The predicted octanol–water partition coefficient (Wildman–Crippen LogP) is 4.89. The molecule has 0 unspecified atom stereocenters. The molecule has 33 heavy (non-hydrogen) atoms. The molecule has 1 aromatic heterocycles. The first-order chi connectivity index (χ1) is 15.5. The molecule has 8 nitrogen and oxygen atoms in total. The van der Waals surface area contributed by atoms with E-state index in [9.17, 15) is 21.6 Å². The van der Waals surface area contributed by atoms with E-state index in [1.54, 1.807) is 24.3 Å². The van der Waals surface area contributed by atoms with Crippen LogP contribution >= 0.6 is 11.6 Å². The molecule has 0 atom stereocenters. The van der Waals surface area contributed by atoms with E-state index in [2.05, 4.69) is 9.44 Å². The number of rotatable bonds is 7. The lowest BCUT2D eigenvalue weighted by molar-refractivity contribution is 0.101. The third-order valence-corrected chi connectivity index (χ3v) is 7.55. The summed E-state index contributed by atoms with van der Waals surface area (Å²) in [5, 5.41) is 0.447. The molecule has 2 N–H and O–H groups in total. The van der Waals surface area contributed by atoms with Crippen LogP contribution in [0.15, 0.2) is 87.2 Å². The number of carbonyl (C=O) groups excluding carboxylic acids is 1. The van der Waals surface area contributed by atoms with Crippen LogP contribution in [0.2, 0.25) is 5.02 Å².